The lowest BCUT2D eigenvalue weighted by Gasteiger charge is -1.97. The van der Waals surface area contributed by atoms with Crippen molar-refractivity contribution in [3.63, 3.8) is 0 Å². The van der Waals surface area contributed by atoms with E-state index in [9.17, 15) is 4.79 Å². The Morgan fingerprint density at radius 2 is 2.55 bits per heavy atom. The summed E-state index contributed by atoms with van der Waals surface area (Å²) in [6, 6.07) is 1.60. The molecule has 0 radical (unpaired) electrons. The molecule has 0 atom stereocenters. The van der Waals surface area contributed by atoms with Gasteiger partial charge in [-0.15, -0.1) is 11.6 Å². The highest BCUT2D eigenvalue weighted by atomic mass is 35.5. The zero-order chi connectivity index (χ0) is 8.10. The number of carbonyl (C=O) groups excluding carboxylic acids is 1. The van der Waals surface area contributed by atoms with Crippen LogP contribution in [0.3, 0.4) is 0 Å². The first-order valence-electron chi connectivity index (χ1n) is 3.21. The molecule has 3 nitrogen and oxygen atoms in total. The van der Waals surface area contributed by atoms with Gasteiger partial charge in [-0.3, -0.25) is 4.79 Å². The van der Waals surface area contributed by atoms with Gasteiger partial charge in [0.05, 0.1) is 11.8 Å². The lowest BCUT2D eigenvalue weighted by molar-refractivity contribution is 0.0955. The lowest BCUT2D eigenvalue weighted by Crippen LogP contribution is -2.24. The minimum atomic E-state index is -0.153. The average molecular weight is 174 g/mol. The van der Waals surface area contributed by atoms with E-state index < -0.39 is 0 Å². The van der Waals surface area contributed by atoms with E-state index in [-0.39, 0.29) is 5.91 Å². The first-order chi connectivity index (χ1) is 5.34. The Bertz CT molecular complexity index is 220. The maximum atomic E-state index is 11.0. The number of alkyl halides is 1. The summed E-state index contributed by atoms with van der Waals surface area (Å²) in [7, 11) is 0. The van der Waals surface area contributed by atoms with Crippen LogP contribution >= 0.6 is 11.6 Å². The SMILES string of the molecule is O=C(NCCCl)c1ccoc1. The van der Waals surface area contributed by atoms with Crippen molar-refractivity contribution in [3.8, 4) is 0 Å². The minimum absolute atomic E-state index is 0.153. The molecule has 0 aliphatic heterocycles. The molecular weight excluding hydrogens is 166 g/mol. The predicted molar refractivity (Wildman–Crippen MR) is 41.8 cm³/mol. The Labute approximate surface area is 69.3 Å². The fourth-order valence-electron chi connectivity index (χ4n) is 0.657. The Balaban J connectivity index is 2.43. The highest BCUT2D eigenvalue weighted by Gasteiger charge is 2.03. The fraction of sp³-hybridized carbons (Fsp3) is 0.286. The van der Waals surface area contributed by atoms with Crippen LogP contribution in [0.15, 0.2) is 23.0 Å². The molecule has 1 rings (SSSR count). The highest BCUT2D eigenvalue weighted by molar-refractivity contribution is 6.18. The lowest BCUT2D eigenvalue weighted by atomic mass is 10.3. The van der Waals surface area contributed by atoms with Crippen molar-refractivity contribution in [1.82, 2.24) is 5.32 Å². The van der Waals surface area contributed by atoms with Crippen LogP contribution < -0.4 is 5.32 Å². The third-order valence-corrected chi connectivity index (χ3v) is 1.35. The van der Waals surface area contributed by atoms with Gasteiger partial charge in [0, 0.05) is 12.4 Å². The molecule has 1 amide bonds. The molecular formula is C7H8ClNO2. The summed E-state index contributed by atoms with van der Waals surface area (Å²) >= 11 is 5.37. The van der Waals surface area contributed by atoms with Crippen LogP contribution in [0, 0.1) is 0 Å². The number of hydrogen-bond donors (Lipinski definition) is 1. The van der Waals surface area contributed by atoms with Crippen LogP contribution in [0.4, 0.5) is 0 Å². The van der Waals surface area contributed by atoms with E-state index in [1.54, 1.807) is 6.07 Å². The van der Waals surface area contributed by atoms with E-state index in [0.29, 0.717) is 18.0 Å². The third-order valence-electron chi connectivity index (χ3n) is 1.16. The van der Waals surface area contributed by atoms with Crippen molar-refractivity contribution >= 4 is 17.5 Å². The Hall–Kier alpha value is -0.960. The van der Waals surface area contributed by atoms with Gasteiger partial charge < -0.3 is 9.73 Å². The second kappa shape index (κ2) is 4.03. The summed E-state index contributed by atoms with van der Waals surface area (Å²) in [5.74, 6) is 0.267. The molecule has 0 saturated carbocycles. The van der Waals surface area contributed by atoms with Gasteiger partial charge in [0.25, 0.3) is 5.91 Å². The molecule has 1 aromatic heterocycles. The van der Waals surface area contributed by atoms with E-state index in [4.69, 9.17) is 16.0 Å². The molecule has 60 valence electrons. The van der Waals surface area contributed by atoms with Crippen LogP contribution in [0.2, 0.25) is 0 Å². The molecule has 0 aliphatic carbocycles. The highest BCUT2D eigenvalue weighted by Crippen LogP contribution is 1.98. The Kier molecular flexibility index (Phi) is 2.98. The van der Waals surface area contributed by atoms with Gasteiger partial charge >= 0.3 is 0 Å². The van der Waals surface area contributed by atoms with Crippen LogP contribution in [0.5, 0.6) is 0 Å². The first-order valence-corrected chi connectivity index (χ1v) is 3.74. The van der Waals surface area contributed by atoms with Gasteiger partial charge in [0.1, 0.15) is 6.26 Å². The maximum absolute atomic E-state index is 11.0. The molecule has 1 heterocycles. The molecule has 0 fully saturated rings. The number of furan rings is 1. The van der Waals surface area contributed by atoms with Crippen LogP contribution in [0.1, 0.15) is 10.4 Å². The molecule has 0 aromatic carbocycles. The largest absolute Gasteiger partial charge is 0.472 e. The van der Waals surface area contributed by atoms with Crippen molar-refractivity contribution < 1.29 is 9.21 Å². The standard InChI is InChI=1S/C7H8ClNO2/c8-2-3-9-7(10)6-1-4-11-5-6/h1,4-5H,2-3H2,(H,9,10). The van der Waals surface area contributed by atoms with Crippen LogP contribution in [-0.4, -0.2) is 18.3 Å². The molecule has 0 unspecified atom stereocenters. The normalized spacial score (nSPS) is 9.55. The smallest absolute Gasteiger partial charge is 0.254 e. The molecule has 0 saturated heterocycles. The zero-order valence-corrected chi connectivity index (χ0v) is 6.60. The van der Waals surface area contributed by atoms with E-state index in [1.165, 1.54) is 12.5 Å². The number of carbonyl (C=O) groups is 1. The second-order valence-corrected chi connectivity index (χ2v) is 2.33. The first kappa shape index (κ1) is 8.14. The van der Waals surface area contributed by atoms with Gasteiger partial charge in [0.2, 0.25) is 0 Å². The van der Waals surface area contributed by atoms with E-state index in [0.717, 1.165) is 0 Å². The zero-order valence-electron chi connectivity index (χ0n) is 5.84. The van der Waals surface area contributed by atoms with E-state index in [1.807, 2.05) is 0 Å². The Morgan fingerprint density at radius 3 is 3.09 bits per heavy atom. The molecule has 4 heteroatoms. The quantitative estimate of drug-likeness (QED) is 0.699. The molecule has 0 spiro atoms. The van der Waals surface area contributed by atoms with Gasteiger partial charge in [-0.25, -0.2) is 0 Å². The monoisotopic (exact) mass is 173 g/mol. The van der Waals surface area contributed by atoms with E-state index in [2.05, 4.69) is 5.32 Å². The number of amides is 1. The van der Waals surface area contributed by atoms with Gasteiger partial charge in [-0.2, -0.15) is 0 Å². The molecule has 1 aromatic rings. The second-order valence-electron chi connectivity index (χ2n) is 1.96. The summed E-state index contributed by atoms with van der Waals surface area (Å²) in [6.07, 6.45) is 2.85. The van der Waals surface area contributed by atoms with Crippen molar-refractivity contribution in [1.29, 1.82) is 0 Å². The van der Waals surface area contributed by atoms with Crippen molar-refractivity contribution in [3.05, 3.63) is 24.2 Å². The van der Waals surface area contributed by atoms with Gasteiger partial charge in [0.15, 0.2) is 0 Å². The number of halogens is 1. The molecule has 0 bridgehead atoms. The summed E-state index contributed by atoms with van der Waals surface area (Å²) in [5, 5.41) is 2.60. The molecule has 1 N–H and O–H groups in total. The fourth-order valence-corrected chi connectivity index (χ4v) is 0.751. The topological polar surface area (TPSA) is 42.2 Å². The number of nitrogens with one attached hydrogen (secondary N) is 1. The van der Waals surface area contributed by atoms with E-state index >= 15 is 0 Å². The summed E-state index contributed by atoms with van der Waals surface area (Å²) in [6.45, 7) is 0.478. The van der Waals surface area contributed by atoms with Gasteiger partial charge in [-0.1, -0.05) is 0 Å². The number of hydrogen-bond acceptors (Lipinski definition) is 2. The molecule has 11 heavy (non-hydrogen) atoms. The predicted octanol–water partition coefficient (Wildman–Crippen LogP) is 1.25. The summed E-state index contributed by atoms with van der Waals surface area (Å²) in [4.78, 5) is 11.0. The Morgan fingerprint density at radius 1 is 1.73 bits per heavy atom. The number of rotatable bonds is 3. The maximum Gasteiger partial charge on any atom is 0.254 e. The molecule has 0 aliphatic rings. The van der Waals surface area contributed by atoms with Gasteiger partial charge in [-0.05, 0) is 6.07 Å². The van der Waals surface area contributed by atoms with Crippen molar-refractivity contribution in [2.75, 3.05) is 12.4 Å². The average Bonchev–Trinajstić information content (AvgIpc) is 2.52. The van der Waals surface area contributed by atoms with Crippen molar-refractivity contribution in [2.45, 2.75) is 0 Å². The van der Waals surface area contributed by atoms with Crippen molar-refractivity contribution in [2.24, 2.45) is 0 Å². The summed E-state index contributed by atoms with van der Waals surface area (Å²) in [5.41, 5.74) is 0.523. The third kappa shape index (κ3) is 2.27. The minimum Gasteiger partial charge on any atom is -0.472 e. The summed E-state index contributed by atoms with van der Waals surface area (Å²) < 4.78 is 4.72. The van der Waals surface area contributed by atoms with Crippen LogP contribution in [0.25, 0.3) is 0 Å². The van der Waals surface area contributed by atoms with Crippen LogP contribution in [-0.2, 0) is 0 Å².